The van der Waals surface area contributed by atoms with Crippen molar-refractivity contribution in [1.82, 2.24) is 9.97 Å². The first-order chi connectivity index (χ1) is 8.74. The zero-order valence-corrected chi connectivity index (χ0v) is 12.5. The summed E-state index contributed by atoms with van der Waals surface area (Å²) in [5.41, 5.74) is 0. The van der Waals surface area contributed by atoms with Crippen molar-refractivity contribution < 1.29 is 9.47 Å². The van der Waals surface area contributed by atoms with E-state index < -0.39 is 0 Å². The predicted molar refractivity (Wildman–Crippen MR) is 74.9 cm³/mol. The average molecular weight is 374 g/mol. The second-order valence-electron chi connectivity index (χ2n) is 3.29. The van der Waals surface area contributed by atoms with E-state index in [1.807, 2.05) is 24.3 Å². The lowest BCUT2D eigenvalue weighted by Crippen LogP contribution is -2.10. The zero-order chi connectivity index (χ0) is 12.8. The summed E-state index contributed by atoms with van der Waals surface area (Å²) >= 11 is 6.56. The maximum atomic E-state index is 5.43. The molecule has 0 aliphatic carbocycles. The lowest BCUT2D eigenvalue weighted by atomic mass is 10.5. The van der Waals surface area contributed by atoms with Crippen molar-refractivity contribution >= 4 is 31.9 Å². The fourth-order valence-corrected chi connectivity index (χ4v) is 1.89. The summed E-state index contributed by atoms with van der Waals surface area (Å²) in [4.78, 5) is 8.30. The Hall–Kier alpha value is -1.14. The van der Waals surface area contributed by atoms with Crippen LogP contribution in [0.15, 0.2) is 45.6 Å². The van der Waals surface area contributed by atoms with Gasteiger partial charge in [0.15, 0.2) is 0 Å². The van der Waals surface area contributed by atoms with Crippen LogP contribution in [0.1, 0.15) is 0 Å². The summed E-state index contributed by atoms with van der Waals surface area (Å²) in [6.45, 7) is 0.829. The Bertz CT molecular complexity index is 475. The van der Waals surface area contributed by atoms with Gasteiger partial charge in [0.05, 0.1) is 0 Å². The average Bonchev–Trinajstić information content (AvgIpc) is 2.35. The summed E-state index contributed by atoms with van der Waals surface area (Å²) in [6.07, 6.45) is 0. The molecule has 4 nitrogen and oxygen atoms in total. The second-order valence-corrected chi connectivity index (χ2v) is 4.92. The molecular weight excluding hydrogens is 364 g/mol. The van der Waals surface area contributed by atoms with E-state index in [0.717, 1.165) is 9.21 Å². The zero-order valence-electron chi connectivity index (χ0n) is 9.35. The SMILES string of the molecule is Brc1cccc(OCCOc2cccc(Br)n2)n1. The van der Waals surface area contributed by atoms with Gasteiger partial charge in [-0.05, 0) is 44.0 Å². The molecule has 2 heterocycles. The molecule has 0 N–H and O–H groups in total. The molecule has 18 heavy (non-hydrogen) atoms. The van der Waals surface area contributed by atoms with Crippen LogP contribution in [-0.2, 0) is 0 Å². The first kappa shape index (κ1) is 13.3. The van der Waals surface area contributed by atoms with Crippen LogP contribution >= 0.6 is 31.9 Å². The van der Waals surface area contributed by atoms with Crippen LogP contribution in [0.2, 0.25) is 0 Å². The van der Waals surface area contributed by atoms with Gasteiger partial charge in [-0.2, -0.15) is 0 Å². The van der Waals surface area contributed by atoms with Crippen molar-refractivity contribution in [3.63, 3.8) is 0 Å². The fourth-order valence-electron chi connectivity index (χ4n) is 1.23. The number of hydrogen-bond acceptors (Lipinski definition) is 4. The molecule has 0 radical (unpaired) electrons. The van der Waals surface area contributed by atoms with Crippen LogP contribution in [0.5, 0.6) is 11.8 Å². The molecule has 0 aliphatic heterocycles. The molecule has 2 aromatic heterocycles. The molecule has 0 saturated heterocycles. The Kier molecular flexibility index (Phi) is 4.95. The summed E-state index contributed by atoms with van der Waals surface area (Å²) in [7, 11) is 0. The summed E-state index contributed by atoms with van der Waals surface area (Å²) in [5, 5.41) is 0. The number of nitrogens with zero attached hydrogens (tertiary/aromatic N) is 2. The van der Waals surface area contributed by atoms with E-state index >= 15 is 0 Å². The van der Waals surface area contributed by atoms with E-state index in [-0.39, 0.29) is 0 Å². The summed E-state index contributed by atoms with van der Waals surface area (Å²) in [5.74, 6) is 1.13. The molecule has 6 heteroatoms. The van der Waals surface area contributed by atoms with Crippen molar-refractivity contribution in [2.45, 2.75) is 0 Å². The Morgan fingerprint density at radius 2 is 1.22 bits per heavy atom. The maximum absolute atomic E-state index is 5.43. The molecular formula is C12H10Br2N2O2. The number of rotatable bonds is 5. The normalized spacial score (nSPS) is 10.1. The van der Waals surface area contributed by atoms with Gasteiger partial charge in [0.2, 0.25) is 11.8 Å². The third-order valence-corrected chi connectivity index (χ3v) is 2.85. The largest absolute Gasteiger partial charge is 0.474 e. The van der Waals surface area contributed by atoms with Gasteiger partial charge in [-0.15, -0.1) is 0 Å². The van der Waals surface area contributed by atoms with Crippen LogP contribution in [-0.4, -0.2) is 23.2 Å². The minimum Gasteiger partial charge on any atom is -0.474 e. The first-order valence-corrected chi connectivity index (χ1v) is 6.83. The van der Waals surface area contributed by atoms with Gasteiger partial charge in [-0.3, -0.25) is 0 Å². The van der Waals surface area contributed by atoms with Crippen LogP contribution in [0.25, 0.3) is 0 Å². The third-order valence-electron chi connectivity index (χ3n) is 1.96. The van der Waals surface area contributed by atoms with Gasteiger partial charge in [0, 0.05) is 12.1 Å². The minimum atomic E-state index is 0.414. The van der Waals surface area contributed by atoms with Crippen LogP contribution in [0.3, 0.4) is 0 Å². The molecule has 0 atom stereocenters. The van der Waals surface area contributed by atoms with Gasteiger partial charge in [-0.25, -0.2) is 9.97 Å². The molecule has 0 saturated carbocycles. The van der Waals surface area contributed by atoms with Crippen LogP contribution in [0, 0.1) is 0 Å². The standard InChI is InChI=1S/C12H10Br2N2O2/c13-9-3-1-5-11(15-9)17-7-8-18-12-6-2-4-10(14)16-12/h1-6H,7-8H2. The number of ether oxygens (including phenoxy) is 2. The number of pyridine rings is 2. The fraction of sp³-hybridized carbons (Fsp3) is 0.167. The second kappa shape index (κ2) is 6.70. The lowest BCUT2D eigenvalue weighted by Gasteiger charge is -2.07. The first-order valence-electron chi connectivity index (χ1n) is 5.25. The topological polar surface area (TPSA) is 44.2 Å². The number of aromatic nitrogens is 2. The molecule has 0 fully saturated rings. The van der Waals surface area contributed by atoms with Crippen molar-refractivity contribution in [2.75, 3.05) is 13.2 Å². The Labute approximate surface area is 122 Å². The van der Waals surface area contributed by atoms with Gasteiger partial charge < -0.3 is 9.47 Å². The van der Waals surface area contributed by atoms with Crippen LogP contribution in [0.4, 0.5) is 0 Å². The highest BCUT2D eigenvalue weighted by atomic mass is 79.9. The molecule has 0 amide bonds. The molecule has 2 rings (SSSR count). The van der Waals surface area contributed by atoms with Crippen molar-refractivity contribution in [3.8, 4) is 11.8 Å². The number of hydrogen-bond donors (Lipinski definition) is 0. The smallest absolute Gasteiger partial charge is 0.214 e. The van der Waals surface area contributed by atoms with Gasteiger partial charge in [0.1, 0.15) is 22.4 Å². The van der Waals surface area contributed by atoms with E-state index in [9.17, 15) is 0 Å². The van der Waals surface area contributed by atoms with E-state index in [4.69, 9.17) is 9.47 Å². The third kappa shape index (κ3) is 4.27. The Morgan fingerprint density at radius 1 is 0.778 bits per heavy atom. The summed E-state index contributed by atoms with van der Waals surface area (Å²) in [6, 6.07) is 11.0. The molecule has 94 valence electrons. The van der Waals surface area contributed by atoms with E-state index in [1.165, 1.54) is 0 Å². The highest BCUT2D eigenvalue weighted by Crippen LogP contribution is 2.13. The molecule has 0 unspecified atom stereocenters. The van der Waals surface area contributed by atoms with Gasteiger partial charge in [-0.1, -0.05) is 12.1 Å². The van der Waals surface area contributed by atoms with Gasteiger partial charge >= 0.3 is 0 Å². The van der Waals surface area contributed by atoms with E-state index in [2.05, 4.69) is 41.8 Å². The minimum absolute atomic E-state index is 0.414. The Morgan fingerprint density at radius 3 is 1.61 bits per heavy atom. The van der Waals surface area contributed by atoms with Crippen molar-refractivity contribution in [3.05, 3.63) is 45.6 Å². The highest BCUT2D eigenvalue weighted by Gasteiger charge is 1.98. The Balaban J connectivity index is 1.76. The maximum Gasteiger partial charge on any atom is 0.214 e. The van der Waals surface area contributed by atoms with E-state index in [1.54, 1.807) is 12.1 Å². The van der Waals surface area contributed by atoms with Crippen molar-refractivity contribution in [2.24, 2.45) is 0 Å². The molecule has 0 bridgehead atoms. The molecule has 0 aliphatic rings. The highest BCUT2D eigenvalue weighted by molar-refractivity contribution is 9.10. The summed E-state index contributed by atoms with van der Waals surface area (Å²) < 4.78 is 12.4. The predicted octanol–water partition coefficient (Wildman–Crippen LogP) is 3.46. The molecule has 2 aromatic rings. The lowest BCUT2D eigenvalue weighted by molar-refractivity contribution is 0.206. The molecule has 0 aromatic carbocycles. The van der Waals surface area contributed by atoms with E-state index in [0.29, 0.717) is 25.0 Å². The van der Waals surface area contributed by atoms with Crippen LogP contribution < -0.4 is 9.47 Å². The quantitative estimate of drug-likeness (QED) is 0.594. The van der Waals surface area contributed by atoms with Crippen molar-refractivity contribution in [1.29, 1.82) is 0 Å². The van der Waals surface area contributed by atoms with Gasteiger partial charge in [0.25, 0.3) is 0 Å². The number of halogens is 2. The molecule has 0 spiro atoms. The monoisotopic (exact) mass is 372 g/mol.